The van der Waals surface area contributed by atoms with Crippen LogP contribution in [0.3, 0.4) is 0 Å². The molecule has 0 aliphatic carbocycles. The molecule has 0 atom stereocenters. The van der Waals surface area contributed by atoms with Gasteiger partial charge in [0.25, 0.3) is 0 Å². The van der Waals surface area contributed by atoms with Gasteiger partial charge >= 0.3 is 0 Å². The highest BCUT2D eigenvalue weighted by molar-refractivity contribution is 9.10. The molecule has 0 amide bonds. The standard InChI is InChI=1S/C9H7BrN2O/c1-5-7(10)3-11-8-2-6(4-13)12-9(5)8/h2-4,12H,1H3. The van der Waals surface area contributed by atoms with E-state index in [1.54, 1.807) is 12.3 Å². The topological polar surface area (TPSA) is 45.8 Å². The average molecular weight is 239 g/mol. The van der Waals surface area contributed by atoms with Crippen molar-refractivity contribution in [1.29, 1.82) is 0 Å². The molecule has 1 N–H and O–H groups in total. The molecular weight excluding hydrogens is 232 g/mol. The van der Waals surface area contributed by atoms with Crippen LogP contribution in [0.25, 0.3) is 11.0 Å². The number of aromatic amines is 1. The minimum atomic E-state index is 0.559. The summed E-state index contributed by atoms with van der Waals surface area (Å²) in [6.45, 7) is 1.97. The van der Waals surface area contributed by atoms with Crippen LogP contribution in [-0.2, 0) is 0 Å². The van der Waals surface area contributed by atoms with Gasteiger partial charge in [-0.15, -0.1) is 0 Å². The quantitative estimate of drug-likeness (QED) is 0.777. The molecular formula is C9H7BrN2O. The van der Waals surface area contributed by atoms with Gasteiger partial charge < -0.3 is 4.98 Å². The van der Waals surface area contributed by atoms with Gasteiger partial charge in [-0.1, -0.05) is 0 Å². The van der Waals surface area contributed by atoms with E-state index >= 15 is 0 Å². The number of pyridine rings is 1. The summed E-state index contributed by atoms with van der Waals surface area (Å²) in [5.74, 6) is 0. The van der Waals surface area contributed by atoms with Gasteiger partial charge in [-0.3, -0.25) is 9.78 Å². The first-order valence-electron chi connectivity index (χ1n) is 3.81. The molecule has 66 valence electrons. The van der Waals surface area contributed by atoms with Crippen molar-refractivity contribution in [2.24, 2.45) is 0 Å². The Morgan fingerprint density at radius 3 is 3.08 bits per heavy atom. The Hall–Kier alpha value is -1.16. The lowest BCUT2D eigenvalue weighted by molar-refractivity contribution is 0.112. The normalized spacial score (nSPS) is 10.6. The lowest BCUT2D eigenvalue weighted by atomic mass is 10.2. The van der Waals surface area contributed by atoms with Crippen LogP contribution in [0.4, 0.5) is 0 Å². The van der Waals surface area contributed by atoms with Gasteiger partial charge in [0.1, 0.15) is 0 Å². The van der Waals surface area contributed by atoms with Gasteiger partial charge in [-0.2, -0.15) is 0 Å². The molecule has 0 bridgehead atoms. The minimum absolute atomic E-state index is 0.559. The summed E-state index contributed by atoms with van der Waals surface area (Å²) in [7, 11) is 0. The van der Waals surface area contributed by atoms with Crippen molar-refractivity contribution in [1.82, 2.24) is 9.97 Å². The molecule has 0 radical (unpaired) electrons. The Balaban J connectivity index is 2.83. The number of carbonyl (C=O) groups is 1. The van der Waals surface area contributed by atoms with Crippen LogP contribution in [0, 0.1) is 6.92 Å². The fourth-order valence-corrected chi connectivity index (χ4v) is 1.56. The number of hydrogen-bond donors (Lipinski definition) is 1. The van der Waals surface area contributed by atoms with Crippen LogP contribution in [0.1, 0.15) is 16.1 Å². The van der Waals surface area contributed by atoms with E-state index in [4.69, 9.17) is 0 Å². The number of rotatable bonds is 1. The average Bonchev–Trinajstić information content (AvgIpc) is 2.55. The zero-order chi connectivity index (χ0) is 9.42. The van der Waals surface area contributed by atoms with Crippen LogP contribution in [0.2, 0.25) is 0 Å². The minimum Gasteiger partial charge on any atom is -0.351 e. The largest absolute Gasteiger partial charge is 0.351 e. The second kappa shape index (κ2) is 2.96. The number of aldehydes is 1. The van der Waals surface area contributed by atoms with Crippen molar-refractivity contribution in [3.63, 3.8) is 0 Å². The predicted octanol–water partition coefficient (Wildman–Crippen LogP) is 2.45. The third-order valence-electron chi connectivity index (χ3n) is 1.99. The third kappa shape index (κ3) is 1.27. The molecule has 0 aliphatic rings. The van der Waals surface area contributed by atoms with Crippen molar-refractivity contribution < 1.29 is 4.79 Å². The Morgan fingerprint density at radius 1 is 1.62 bits per heavy atom. The molecule has 0 aliphatic heterocycles. The Kier molecular flexibility index (Phi) is 1.92. The SMILES string of the molecule is Cc1c(Br)cnc2cc(C=O)[nH]c12. The summed E-state index contributed by atoms with van der Waals surface area (Å²) in [5.41, 5.74) is 3.36. The molecule has 0 unspecified atom stereocenters. The highest BCUT2D eigenvalue weighted by atomic mass is 79.9. The predicted molar refractivity (Wildman–Crippen MR) is 53.9 cm³/mol. The first-order chi connectivity index (χ1) is 6.22. The summed E-state index contributed by atoms with van der Waals surface area (Å²) in [4.78, 5) is 17.7. The Labute approximate surface area is 83.3 Å². The van der Waals surface area contributed by atoms with E-state index < -0.39 is 0 Å². The highest BCUT2D eigenvalue weighted by Gasteiger charge is 2.05. The number of halogens is 1. The van der Waals surface area contributed by atoms with E-state index in [9.17, 15) is 4.79 Å². The van der Waals surface area contributed by atoms with Gasteiger partial charge in [0.05, 0.1) is 16.7 Å². The summed E-state index contributed by atoms with van der Waals surface area (Å²) in [6, 6.07) is 1.74. The molecule has 0 saturated heterocycles. The zero-order valence-electron chi connectivity index (χ0n) is 6.97. The molecule has 2 heterocycles. The van der Waals surface area contributed by atoms with E-state index in [1.165, 1.54) is 0 Å². The van der Waals surface area contributed by atoms with Crippen LogP contribution < -0.4 is 0 Å². The number of carbonyl (C=O) groups excluding carboxylic acids is 1. The number of H-pyrrole nitrogens is 1. The first kappa shape index (κ1) is 8.44. The van der Waals surface area contributed by atoms with Crippen molar-refractivity contribution in [2.75, 3.05) is 0 Å². The lowest BCUT2D eigenvalue weighted by Crippen LogP contribution is -1.82. The Bertz CT molecular complexity index is 476. The Morgan fingerprint density at radius 2 is 2.38 bits per heavy atom. The fraction of sp³-hybridized carbons (Fsp3) is 0.111. The monoisotopic (exact) mass is 238 g/mol. The van der Waals surface area contributed by atoms with E-state index in [2.05, 4.69) is 25.9 Å². The van der Waals surface area contributed by atoms with Gasteiger partial charge in [-0.25, -0.2) is 0 Å². The maximum atomic E-state index is 10.5. The van der Waals surface area contributed by atoms with Crippen molar-refractivity contribution in [2.45, 2.75) is 6.92 Å². The molecule has 3 nitrogen and oxygen atoms in total. The maximum absolute atomic E-state index is 10.5. The van der Waals surface area contributed by atoms with Crippen molar-refractivity contribution in [3.8, 4) is 0 Å². The van der Waals surface area contributed by atoms with Crippen LogP contribution in [0.15, 0.2) is 16.7 Å². The number of nitrogens with zero attached hydrogens (tertiary/aromatic N) is 1. The molecule has 0 aromatic carbocycles. The number of aromatic nitrogens is 2. The van der Waals surface area contributed by atoms with Crippen molar-refractivity contribution >= 4 is 33.2 Å². The lowest BCUT2D eigenvalue weighted by Gasteiger charge is -1.97. The second-order valence-corrected chi connectivity index (χ2v) is 3.69. The number of aryl methyl sites for hydroxylation is 1. The van der Waals surface area contributed by atoms with E-state index in [0.29, 0.717) is 5.69 Å². The fourth-order valence-electron chi connectivity index (χ4n) is 1.26. The van der Waals surface area contributed by atoms with Gasteiger partial charge in [0.2, 0.25) is 0 Å². The number of fused-ring (bicyclic) bond motifs is 1. The van der Waals surface area contributed by atoms with Gasteiger partial charge in [-0.05, 0) is 34.5 Å². The smallest absolute Gasteiger partial charge is 0.166 e. The molecule has 4 heteroatoms. The van der Waals surface area contributed by atoms with Gasteiger partial charge in [0.15, 0.2) is 6.29 Å². The molecule has 2 aromatic heterocycles. The van der Waals surface area contributed by atoms with Crippen LogP contribution >= 0.6 is 15.9 Å². The van der Waals surface area contributed by atoms with E-state index in [1.807, 2.05) is 6.92 Å². The molecule has 0 saturated carbocycles. The summed E-state index contributed by atoms with van der Waals surface area (Å²) in [5, 5.41) is 0. The summed E-state index contributed by atoms with van der Waals surface area (Å²) in [6.07, 6.45) is 2.52. The zero-order valence-corrected chi connectivity index (χ0v) is 8.55. The summed E-state index contributed by atoms with van der Waals surface area (Å²) >= 11 is 3.38. The van der Waals surface area contributed by atoms with E-state index in [0.717, 1.165) is 27.4 Å². The van der Waals surface area contributed by atoms with Gasteiger partial charge in [0, 0.05) is 10.7 Å². The summed E-state index contributed by atoms with van der Waals surface area (Å²) < 4.78 is 0.944. The first-order valence-corrected chi connectivity index (χ1v) is 4.60. The second-order valence-electron chi connectivity index (χ2n) is 2.83. The number of nitrogens with one attached hydrogen (secondary N) is 1. The van der Waals surface area contributed by atoms with E-state index in [-0.39, 0.29) is 0 Å². The molecule has 2 rings (SSSR count). The van der Waals surface area contributed by atoms with Crippen molar-refractivity contribution in [3.05, 3.63) is 28.0 Å². The molecule has 0 fully saturated rings. The molecule has 0 spiro atoms. The third-order valence-corrected chi connectivity index (χ3v) is 2.79. The molecule has 13 heavy (non-hydrogen) atoms. The molecule has 2 aromatic rings. The number of hydrogen-bond acceptors (Lipinski definition) is 2. The maximum Gasteiger partial charge on any atom is 0.166 e. The highest BCUT2D eigenvalue weighted by Crippen LogP contribution is 2.23. The van der Waals surface area contributed by atoms with Crippen LogP contribution in [-0.4, -0.2) is 16.3 Å². The van der Waals surface area contributed by atoms with Crippen LogP contribution in [0.5, 0.6) is 0 Å².